The number of fused-ring (bicyclic) bond motifs is 6. The average molecular weight is 387 g/mol. The van der Waals surface area contributed by atoms with Crippen molar-refractivity contribution in [2.75, 3.05) is 6.26 Å². The van der Waals surface area contributed by atoms with E-state index in [1.54, 1.807) is 25.1 Å². The van der Waals surface area contributed by atoms with E-state index in [0.717, 1.165) is 0 Å². The first-order chi connectivity index (χ1) is 12.9. The zero-order valence-electron chi connectivity index (χ0n) is 14.9. The first-order valence-electron chi connectivity index (χ1n) is 8.48. The van der Waals surface area contributed by atoms with Gasteiger partial charge in [0.25, 0.3) is 5.56 Å². The SMILES string of the molecule is CSc1ncc2c(=O)n3n(c2n1)-c1cccc(n1)C(C)(O)CCC=C(F)C3. The van der Waals surface area contributed by atoms with Gasteiger partial charge in [-0.3, -0.25) is 4.79 Å². The number of thioether (sulfide) groups is 1. The first-order valence-corrected chi connectivity index (χ1v) is 9.70. The number of pyridine rings is 1. The maximum Gasteiger partial charge on any atom is 0.278 e. The Morgan fingerprint density at radius 3 is 2.93 bits per heavy atom. The molecule has 0 saturated heterocycles. The third-order valence-electron chi connectivity index (χ3n) is 4.64. The molecule has 1 aliphatic heterocycles. The molecule has 27 heavy (non-hydrogen) atoms. The molecule has 0 amide bonds. The van der Waals surface area contributed by atoms with Crippen LogP contribution in [0.4, 0.5) is 4.39 Å². The number of hydrogen-bond donors (Lipinski definition) is 1. The number of hydrogen-bond acceptors (Lipinski definition) is 6. The summed E-state index contributed by atoms with van der Waals surface area (Å²) in [5.74, 6) is -0.0645. The van der Waals surface area contributed by atoms with E-state index in [0.29, 0.717) is 35.2 Å². The fourth-order valence-corrected chi connectivity index (χ4v) is 3.51. The summed E-state index contributed by atoms with van der Waals surface area (Å²) in [6, 6.07) is 5.18. The average Bonchev–Trinajstić information content (AvgIpc) is 2.92. The Morgan fingerprint density at radius 2 is 2.15 bits per heavy atom. The second-order valence-corrected chi connectivity index (χ2v) is 7.39. The Hall–Kier alpha value is -2.52. The van der Waals surface area contributed by atoms with Crippen LogP contribution in [0.2, 0.25) is 0 Å². The fraction of sp³-hybridized carbons (Fsp3) is 0.333. The summed E-state index contributed by atoms with van der Waals surface area (Å²) in [6.07, 6.45) is 5.34. The van der Waals surface area contributed by atoms with Crippen LogP contribution in [-0.2, 0) is 12.1 Å². The van der Waals surface area contributed by atoms with Gasteiger partial charge in [-0.1, -0.05) is 23.9 Å². The predicted molar refractivity (Wildman–Crippen MR) is 101 cm³/mol. The predicted octanol–water partition coefficient (Wildman–Crippen LogP) is 2.55. The molecule has 3 aromatic heterocycles. The van der Waals surface area contributed by atoms with Gasteiger partial charge in [-0.05, 0) is 38.2 Å². The van der Waals surface area contributed by atoms with Gasteiger partial charge in [-0.25, -0.2) is 28.7 Å². The number of halogens is 1. The van der Waals surface area contributed by atoms with Crippen LogP contribution < -0.4 is 5.56 Å². The Balaban J connectivity index is 2.09. The van der Waals surface area contributed by atoms with Crippen LogP contribution in [0.5, 0.6) is 0 Å². The third kappa shape index (κ3) is 3.06. The van der Waals surface area contributed by atoms with Crippen LogP contribution in [0.25, 0.3) is 16.9 Å². The molecule has 4 rings (SSSR count). The lowest BCUT2D eigenvalue weighted by molar-refractivity contribution is 0.0442. The molecule has 1 aliphatic rings. The highest BCUT2D eigenvalue weighted by Crippen LogP contribution is 2.27. The topological polar surface area (TPSA) is 85.8 Å². The molecule has 0 saturated carbocycles. The van der Waals surface area contributed by atoms with Crippen LogP contribution >= 0.6 is 11.8 Å². The summed E-state index contributed by atoms with van der Waals surface area (Å²) in [4.78, 5) is 26.0. The van der Waals surface area contributed by atoms with E-state index in [4.69, 9.17) is 0 Å². The molecule has 0 spiro atoms. The molecule has 2 bridgehead atoms. The van der Waals surface area contributed by atoms with Crippen molar-refractivity contribution in [3.63, 3.8) is 0 Å². The highest BCUT2D eigenvalue weighted by Gasteiger charge is 2.26. The van der Waals surface area contributed by atoms with Gasteiger partial charge >= 0.3 is 0 Å². The van der Waals surface area contributed by atoms with Crippen LogP contribution in [0, 0.1) is 0 Å². The molecular weight excluding hydrogens is 369 g/mol. The minimum absolute atomic E-state index is 0.238. The van der Waals surface area contributed by atoms with Gasteiger partial charge in [0.2, 0.25) is 0 Å². The second-order valence-electron chi connectivity index (χ2n) is 6.61. The van der Waals surface area contributed by atoms with Gasteiger partial charge in [0.1, 0.15) is 16.8 Å². The summed E-state index contributed by atoms with van der Waals surface area (Å²) in [5.41, 5.74) is -0.796. The standard InChI is InChI=1S/C18H18FN5O2S/c1-18(26)8-4-5-11(19)10-23-16(25)12-9-20-17(27-2)22-15(12)24(23)14-7-3-6-13(18)21-14/h3,5-7,9,26H,4,8,10H2,1-2H3. The lowest BCUT2D eigenvalue weighted by Gasteiger charge is -2.22. The Labute approximate surface area is 158 Å². The zero-order chi connectivity index (χ0) is 19.2. The van der Waals surface area contributed by atoms with Gasteiger partial charge in [0, 0.05) is 6.20 Å². The molecule has 0 fully saturated rings. The molecular formula is C18H18FN5O2S. The molecule has 0 aliphatic carbocycles. The number of rotatable bonds is 1. The Bertz CT molecular complexity index is 1120. The maximum atomic E-state index is 14.5. The fourth-order valence-electron chi connectivity index (χ4n) is 3.17. The number of aromatic nitrogens is 5. The number of allylic oxidation sites excluding steroid dienone is 2. The lowest BCUT2D eigenvalue weighted by Crippen LogP contribution is -2.25. The van der Waals surface area contributed by atoms with Crippen molar-refractivity contribution in [1.82, 2.24) is 24.3 Å². The van der Waals surface area contributed by atoms with Crippen molar-refractivity contribution in [2.45, 2.75) is 37.1 Å². The zero-order valence-corrected chi connectivity index (χ0v) is 15.7. The lowest BCUT2D eigenvalue weighted by atomic mass is 9.95. The van der Waals surface area contributed by atoms with Crippen LogP contribution in [0.15, 0.2) is 46.2 Å². The summed E-state index contributed by atoms with van der Waals surface area (Å²) >= 11 is 1.35. The third-order valence-corrected chi connectivity index (χ3v) is 5.20. The van der Waals surface area contributed by atoms with Crippen molar-refractivity contribution in [3.8, 4) is 5.82 Å². The summed E-state index contributed by atoms with van der Waals surface area (Å²) in [5, 5.41) is 11.6. The van der Waals surface area contributed by atoms with E-state index in [9.17, 15) is 14.3 Å². The second kappa shape index (κ2) is 6.58. The minimum Gasteiger partial charge on any atom is -0.384 e. The van der Waals surface area contributed by atoms with Crippen LogP contribution in [-0.4, -0.2) is 35.7 Å². The number of aliphatic hydroxyl groups is 1. The summed E-state index contributed by atoms with van der Waals surface area (Å²) < 4.78 is 17.3. The molecule has 7 nitrogen and oxygen atoms in total. The van der Waals surface area contributed by atoms with E-state index in [2.05, 4.69) is 15.0 Å². The largest absolute Gasteiger partial charge is 0.384 e. The van der Waals surface area contributed by atoms with Crippen molar-refractivity contribution in [2.24, 2.45) is 0 Å². The van der Waals surface area contributed by atoms with Crippen molar-refractivity contribution in [3.05, 3.63) is 52.3 Å². The molecule has 4 heterocycles. The van der Waals surface area contributed by atoms with Crippen molar-refractivity contribution < 1.29 is 9.50 Å². The smallest absolute Gasteiger partial charge is 0.278 e. The monoisotopic (exact) mass is 387 g/mol. The highest BCUT2D eigenvalue weighted by atomic mass is 32.2. The van der Waals surface area contributed by atoms with Gasteiger partial charge < -0.3 is 5.11 Å². The van der Waals surface area contributed by atoms with Crippen LogP contribution in [0.3, 0.4) is 0 Å². The van der Waals surface area contributed by atoms with Gasteiger partial charge in [-0.2, -0.15) is 0 Å². The van der Waals surface area contributed by atoms with E-state index in [1.807, 2.05) is 6.26 Å². The van der Waals surface area contributed by atoms with Crippen LogP contribution in [0.1, 0.15) is 25.5 Å². The minimum atomic E-state index is -1.22. The molecule has 9 heteroatoms. The summed E-state index contributed by atoms with van der Waals surface area (Å²) in [7, 11) is 0. The van der Waals surface area contributed by atoms with E-state index in [-0.39, 0.29) is 17.5 Å². The number of nitrogens with zero attached hydrogens (tertiary/aromatic N) is 5. The Morgan fingerprint density at radius 1 is 1.33 bits per heavy atom. The van der Waals surface area contributed by atoms with E-state index >= 15 is 0 Å². The van der Waals surface area contributed by atoms with Gasteiger partial charge in [0.15, 0.2) is 16.6 Å². The molecule has 1 unspecified atom stereocenters. The first kappa shape index (κ1) is 17.9. The van der Waals surface area contributed by atoms with Gasteiger partial charge in [-0.15, -0.1) is 0 Å². The van der Waals surface area contributed by atoms with Gasteiger partial charge in [0.05, 0.1) is 12.2 Å². The van der Waals surface area contributed by atoms with E-state index < -0.39 is 11.4 Å². The maximum absolute atomic E-state index is 14.5. The molecule has 1 N–H and O–H groups in total. The Kier molecular flexibility index (Phi) is 4.35. The molecule has 0 radical (unpaired) electrons. The summed E-state index contributed by atoms with van der Waals surface area (Å²) in [6.45, 7) is 1.41. The van der Waals surface area contributed by atoms with E-state index in [1.165, 1.54) is 33.4 Å². The molecule has 140 valence electrons. The molecule has 3 aromatic rings. The van der Waals surface area contributed by atoms with Crippen molar-refractivity contribution in [1.29, 1.82) is 0 Å². The normalized spacial score (nSPS) is 20.1. The molecule has 1 atom stereocenters. The highest BCUT2D eigenvalue weighted by molar-refractivity contribution is 7.98. The van der Waals surface area contributed by atoms with Crippen molar-refractivity contribution >= 4 is 22.8 Å². The quantitative estimate of drug-likeness (QED) is 0.510. The molecule has 0 aromatic carbocycles.